The van der Waals surface area contributed by atoms with E-state index in [9.17, 15) is 9.18 Å². The topological polar surface area (TPSA) is 48.0 Å². The molecule has 3 rings (SSSR count). The first-order valence-corrected chi connectivity index (χ1v) is 7.79. The van der Waals surface area contributed by atoms with Crippen molar-refractivity contribution in [2.45, 2.75) is 6.54 Å². The van der Waals surface area contributed by atoms with Gasteiger partial charge in [-0.15, -0.1) is 0 Å². The van der Waals surface area contributed by atoms with Gasteiger partial charge in [0.25, 0.3) is 0 Å². The van der Waals surface area contributed by atoms with Gasteiger partial charge in [0, 0.05) is 21.7 Å². The monoisotopic (exact) mass is 334 g/mol. The molecular weight excluding hydrogens is 323 g/mol. The number of aromatic nitrogens is 1. The third kappa shape index (κ3) is 2.77. The third-order valence-corrected chi connectivity index (χ3v) is 4.48. The van der Waals surface area contributed by atoms with E-state index in [4.69, 9.17) is 17.3 Å². The van der Waals surface area contributed by atoms with Crippen molar-refractivity contribution in [2.24, 2.45) is 0 Å². The molecule has 22 heavy (non-hydrogen) atoms. The molecule has 0 aliphatic heterocycles. The second-order valence-corrected chi connectivity index (χ2v) is 6.02. The van der Waals surface area contributed by atoms with Crippen LogP contribution in [0, 0.1) is 5.82 Å². The Kier molecular flexibility index (Phi) is 4.00. The van der Waals surface area contributed by atoms with Gasteiger partial charge in [-0.3, -0.25) is 9.36 Å². The van der Waals surface area contributed by atoms with Crippen molar-refractivity contribution in [3.05, 3.63) is 73.9 Å². The van der Waals surface area contributed by atoms with E-state index in [1.807, 2.05) is 12.1 Å². The van der Waals surface area contributed by atoms with E-state index in [1.165, 1.54) is 10.6 Å². The number of nitrogen functional groups attached to an aromatic ring is 1. The predicted octanol–water partition coefficient (Wildman–Crippen LogP) is 4.00. The summed E-state index contributed by atoms with van der Waals surface area (Å²) in [4.78, 5) is 11.9. The fraction of sp³-hybridized carbons (Fsp3) is 0.0625. The lowest BCUT2D eigenvalue weighted by Crippen LogP contribution is -2.16. The van der Waals surface area contributed by atoms with Gasteiger partial charge >= 0.3 is 4.87 Å². The van der Waals surface area contributed by atoms with Crippen molar-refractivity contribution >= 4 is 28.6 Å². The molecule has 6 heteroatoms. The maximum Gasteiger partial charge on any atom is 0.307 e. The quantitative estimate of drug-likeness (QED) is 0.736. The van der Waals surface area contributed by atoms with Crippen LogP contribution in [0.4, 0.5) is 10.1 Å². The molecule has 112 valence electrons. The maximum absolute atomic E-state index is 13.9. The van der Waals surface area contributed by atoms with Crippen molar-refractivity contribution < 1.29 is 4.39 Å². The van der Waals surface area contributed by atoms with Gasteiger partial charge in [-0.2, -0.15) is 0 Å². The summed E-state index contributed by atoms with van der Waals surface area (Å²) in [6.45, 7) is 0.0908. The molecule has 3 nitrogen and oxygen atoms in total. The number of nitrogens with two attached hydrogens (primary N) is 1. The minimum Gasteiger partial charge on any atom is -0.399 e. The number of nitrogens with zero attached hydrogens (tertiary/aromatic N) is 1. The lowest BCUT2D eigenvalue weighted by atomic mass is 10.1. The zero-order chi connectivity index (χ0) is 15.7. The van der Waals surface area contributed by atoms with E-state index in [2.05, 4.69) is 0 Å². The minimum atomic E-state index is -0.422. The average molecular weight is 335 g/mol. The highest BCUT2D eigenvalue weighted by Gasteiger charge is 2.14. The van der Waals surface area contributed by atoms with Gasteiger partial charge in [0.15, 0.2) is 0 Å². The highest BCUT2D eigenvalue weighted by atomic mass is 35.5. The number of anilines is 1. The molecule has 1 heterocycles. The van der Waals surface area contributed by atoms with Crippen LogP contribution in [0.15, 0.2) is 52.6 Å². The Hall–Kier alpha value is -2.11. The molecule has 0 aliphatic rings. The number of thiazole rings is 1. The Bertz CT molecular complexity index is 850. The first-order chi connectivity index (χ1) is 10.6. The van der Waals surface area contributed by atoms with Gasteiger partial charge in [0.2, 0.25) is 0 Å². The van der Waals surface area contributed by atoms with E-state index in [0.29, 0.717) is 22.0 Å². The van der Waals surface area contributed by atoms with E-state index in [1.54, 1.807) is 29.6 Å². The lowest BCUT2D eigenvalue weighted by Gasteiger charge is -2.10. The van der Waals surface area contributed by atoms with Crippen LogP contribution in [0.1, 0.15) is 5.56 Å². The summed E-state index contributed by atoms with van der Waals surface area (Å²) in [5.41, 5.74) is 8.19. The summed E-state index contributed by atoms with van der Waals surface area (Å²) < 4.78 is 15.5. The molecule has 3 aromatic rings. The molecule has 2 N–H and O–H groups in total. The molecule has 2 aromatic carbocycles. The van der Waals surface area contributed by atoms with Gasteiger partial charge in [0.05, 0.1) is 12.2 Å². The Morgan fingerprint density at radius 2 is 1.91 bits per heavy atom. The Labute approximate surface area is 135 Å². The Morgan fingerprint density at radius 3 is 2.59 bits per heavy atom. The first-order valence-electron chi connectivity index (χ1n) is 6.53. The summed E-state index contributed by atoms with van der Waals surface area (Å²) >= 11 is 7.12. The molecule has 0 bridgehead atoms. The molecule has 0 atom stereocenters. The van der Waals surface area contributed by atoms with Crippen LogP contribution < -0.4 is 10.6 Å². The van der Waals surface area contributed by atoms with E-state index < -0.39 is 5.82 Å². The summed E-state index contributed by atoms with van der Waals surface area (Å²) in [6.07, 6.45) is 0. The third-order valence-electron chi connectivity index (χ3n) is 3.37. The molecule has 0 fully saturated rings. The van der Waals surface area contributed by atoms with E-state index >= 15 is 0 Å². The molecule has 0 unspecified atom stereocenters. The van der Waals surface area contributed by atoms with Crippen molar-refractivity contribution in [3.8, 4) is 11.3 Å². The fourth-order valence-electron chi connectivity index (χ4n) is 2.20. The number of hydrogen-bond acceptors (Lipinski definition) is 3. The van der Waals surface area contributed by atoms with E-state index in [0.717, 1.165) is 16.9 Å². The van der Waals surface area contributed by atoms with Gasteiger partial charge < -0.3 is 5.73 Å². The van der Waals surface area contributed by atoms with Crippen LogP contribution in [0.2, 0.25) is 5.02 Å². The van der Waals surface area contributed by atoms with Gasteiger partial charge in [0.1, 0.15) is 5.82 Å². The molecule has 1 aromatic heterocycles. The zero-order valence-corrected chi connectivity index (χ0v) is 13.0. The highest BCUT2D eigenvalue weighted by Crippen LogP contribution is 2.25. The highest BCUT2D eigenvalue weighted by molar-refractivity contribution is 7.07. The number of benzene rings is 2. The summed E-state index contributed by atoms with van der Waals surface area (Å²) in [5, 5.41) is 2.06. The Morgan fingerprint density at radius 1 is 1.18 bits per heavy atom. The summed E-state index contributed by atoms with van der Waals surface area (Å²) in [6, 6.07) is 11.7. The van der Waals surface area contributed by atoms with Gasteiger partial charge in [-0.1, -0.05) is 41.1 Å². The van der Waals surface area contributed by atoms with E-state index in [-0.39, 0.29) is 11.4 Å². The van der Waals surface area contributed by atoms with Crippen LogP contribution in [0.5, 0.6) is 0 Å². The van der Waals surface area contributed by atoms with Gasteiger partial charge in [-0.05, 0) is 29.8 Å². The summed E-state index contributed by atoms with van der Waals surface area (Å²) in [5.74, 6) is -0.422. The van der Waals surface area contributed by atoms with Crippen molar-refractivity contribution in [1.29, 1.82) is 0 Å². The number of hydrogen-bond donors (Lipinski definition) is 1. The van der Waals surface area contributed by atoms with Crippen molar-refractivity contribution in [2.75, 3.05) is 5.73 Å². The van der Waals surface area contributed by atoms with Gasteiger partial charge in [-0.25, -0.2) is 4.39 Å². The molecule has 0 saturated carbocycles. The lowest BCUT2D eigenvalue weighted by molar-refractivity contribution is 0.599. The molecular formula is C16H12ClFN2OS. The molecule has 0 radical (unpaired) electrons. The average Bonchev–Trinajstić information content (AvgIpc) is 2.85. The molecule has 0 amide bonds. The molecule has 0 aliphatic carbocycles. The zero-order valence-electron chi connectivity index (χ0n) is 11.4. The number of halogens is 2. The minimum absolute atomic E-state index is 0.0908. The van der Waals surface area contributed by atoms with Crippen LogP contribution >= 0.6 is 22.9 Å². The SMILES string of the molecule is Nc1ccc(-c2csc(=O)n2Cc2c(F)cccc2Cl)cc1. The molecule has 0 saturated heterocycles. The fourth-order valence-corrected chi connectivity index (χ4v) is 3.19. The van der Waals surface area contributed by atoms with Crippen molar-refractivity contribution in [1.82, 2.24) is 4.57 Å². The maximum atomic E-state index is 13.9. The smallest absolute Gasteiger partial charge is 0.307 e. The van der Waals surface area contributed by atoms with Crippen LogP contribution in [0.25, 0.3) is 11.3 Å². The largest absolute Gasteiger partial charge is 0.399 e. The summed E-state index contributed by atoms with van der Waals surface area (Å²) in [7, 11) is 0. The normalized spacial score (nSPS) is 10.8. The van der Waals surface area contributed by atoms with Crippen LogP contribution in [-0.4, -0.2) is 4.57 Å². The molecule has 0 spiro atoms. The standard InChI is InChI=1S/C16H12ClFN2OS/c17-13-2-1-3-14(18)12(13)8-20-15(9-22-16(20)21)10-4-6-11(19)7-5-10/h1-7,9H,8,19H2. The number of rotatable bonds is 3. The van der Waals surface area contributed by atoms with Crippen LogP contribution in [0.3, 0.4) is 0 Å². The van der Waals surface area contributed by atoms with Crippen molar-refractivity contribution in [3.63, 3.8) is 0 Å². The first kappa shape index (κ1) is 14.8. The second-order valence-electron chi connectivity index (χ2n) is 4.80. The van der Waals surface area contributed by atoms with Crippen LogP contribution in [-0.2, 0) is 6.54 Å². The second kappa shape index (κ2) is 5.94. The predicted molar refractivity (Wildman–Crippen MR) is 88.9 cm³/mol. The Balaban J connectivity index is 2.07.